The third-order valence-corrected chi connectivity index (χ3v) is 3.39. The van der Waals surface area contributed by atoms with Gasteiger partial charge < -0.3 is 15.7 Å². The second-order valence-corrected chi connectivity index (χ2v) is 6.48. The number of carbonyl (C=O) groups excluding carboxylic acids is 1. The molecule has 0 saturated heterocycles. The molecular formula is C10H20N2O5S. The number of sulfone groups is 1. The van der Waals surface area contributed by atoms with Gasteiger partial charge in [-0.25, -0.2) is 13.2 Å². The van der Waals surface area contributed by atoms with Gasteiger partial charge in [0.2, 0.25) is 0 Å². The fraction of sp³-hybridized carbons (Fsp3) is 0.800. The molecule has 2 amide bonds. The first-order valence-corrected chi connectivity index (χ1v) is 7.66. The van der Waals surface area contributed by atoms with E-state index in [0.29, 0.717) is 6.42 Å². The Morgan fingerprint density at radius 3 is 2.28 bits per heavy atom. The lowest BCUT2D eigenvalue weighted by Gasteiger charge is -2.15. The highest BCUT2D eigenvalue weighted by molar-refractivity contribution is 7.90. The normalized spacial score (nSPS) is 14.6. The standard InChI is InChI=1S/C10H20N2O5S/c1-4-8(9(13)14)5-11-10(15)12-7(2)6-18(3,16)17/h7-8H,4-6H2,1-3H3,(H,13,14)(H2,11,12,15). The topological polar surface area (TPSA) is 113 Å². The minimum absolute atomic E-state index is 0.0171. The van der Waals surface area contributed by atoms with Crippen molar-refractivity contribution >= 4 is 21.8 Å². The average Bonchev–Trinajstić information content (AvgIpc) is 2.14. The second-order valence-electron chi connectivity index (χ2n) is 4.29. The molecule has 0 aromatic rings. The number of carboxylic acid groups (broad SMARTS) is 1. The number of rotatable bonds is 7. The van der Waals surface area contributed by atoms with Crippen LogP contribution in [0, 0.1) is 5.92 Å². The molecule has 18 heavy (non-hydrogen) atoms. The van der Waals surface area contributed by atoms with Gasteiger partial charge in [0.15, 0.2) is 0 Å². The fourth-order valence-corrected chi connectivity index (χ4v) is 2.38. The second kappa shape index (κ2) is 7.20. The Morgan fingerprint density at radius 1 is 1.33 bits per heavy atom. The smallest absolute Gasteiger partial charge is 0.315 e. The summed E-state index contributed by atoms with van der Waals surface area (Å²) in [5.74, 6) is -1.76. The Morgan fingerprint density at radius 2 is 1.89 bits per heavy atom. The number of carbonyl (C=O) groups is 2. The molecule has 7 nitrogen and oxygen atoms in total. The molecule has 106 valence electrons. The minimum atomic E-state index is -3.15. The molecule has 0 spiro atoms. The van der Waals surface area contributed by atoms with Crippen molar-refractivity contribution in [1.82, 2.24) is 10.6 Å². The van der Waals surface area contributed by atoms with E-state index in [2.05, 4.69) is 10.6 Å². The zero-order valence-corrected chi connectivity index (χ0v) is 11.6. The molecule has 0 radical (unpaired) electrons. The summed E-state index contributed by atoms with van der Waals surface area (Å²) in [6, 6.07) is -1.09. The molecule has 0 fully saturated rings. The number of hydrogen-bond donors (Lipinski definition) is 3. The van der Waals surface area contributed by atoms with Gasteiger partial charge in [-0.2, -0.15) is 0 Å². The maximum atomic E-state index is 11.4. The van der Waals surface area contributed by atoms with Crippen LogP contribution < -0.4 is 10.6 Å². The first-order valence-electron chi connectivity index (χ1n) is 5.60. The summed E-state index contributed by atoms with van der Waals surface area (Å²) in [5.41, 5.74) is 0. The van der Waals surface area contributed by atoms with Crippen molar-refractivity contribution in [2.24, 2.45) is 5.92 Å². The Labute approximate surface area is 107 Å². The minimum Gasteiger partial charge on any atom is -0.481 e. The number of carboxylic acids is 1. The molecule has 0 aliphatic rings. The highest BCUT2D eigenvalue weighted by Gasteiger charge is 2.17. The molecule has 2 unspecified atom stereocenters. The quantitative estimate of drug-likeness (QED) is 0.599. The molecule has 0 saturated carbocycles. The van der Waals surface area contributed by atoms with Gasteiger partial charge in [-0.05, 0) is 13.3 Å². The lowest BCUT2D eigenvalue weighted by Crippen LogP contribution is -2.45. The average molecular weight is 280 g/mol. The molecule has 3 N–H and O–H groups in total. The molecule has 0 aromatic heterocycles. The molecule has 2 atom stereocenters. The molecule has 0 bridgehead atoms. The molecule has 0 heterocycles. The predicted octanol–water partition coefficient (Wildman–Crippen LogP) is -0.170. The van der Waals surface area contributed by atoms with Gasteiger partial charge in [0.05, 0.1) is 11.7 Å². The van der Waals surface area contributed by atoms with Crippen LogP contribution in [0.3, 0.4) is 0 Å². The number of aliphatic carboxylic acids is 1. The van der Waals surface area contributed by atoms with Crippen LogP contribution in [0.15, 0.2) is 0 Å². The lowest BCUT2D eigenvalue weighted by atomic mass is 10.1. The maximum Gasteiger partial charge on any atom is 0.315 e. The van der Waals surface area contributed by atoms with Crippen LogP contribution in [0.1, 0.15) is 20.3 Å². The highest BCUT2D eigenvalue weighted by atomic mass is 32.2. The van der Waals surface area contributed by atoms with Gasteiger partial charge in [0, 0.05) is 18.8 Å². The van der Waals surface area contributed by atoms with Crippen LogP contribution >= 0.6 is 0 Å². The number of amides is 2. The Bertz CT molecular complexity index is 393. The summed E-state index contributed by atoms with van der Waals surface area (Å²) in [6.07, 6.45) is 1.50. The third kappa shape index (κ3) is 7.88. The van der Waals surface area contributed by atoms with Crippen molar-refractivity contribution in [3.8, 4) is 0 Å². The van der Waals surface area contributed by atoms with Crippen LogP contribution in [0.4, 0.5) is 4.79 Å². The van der Waals surface area contributed by atoms with Crippen LogP contribution in [-0.4, -0.2) is 50.1 Å². The zero-order chi connectivity index (χ0) is 14.3. The first-order chi connectivity index (χ1) is 8.15. The van der Waals surface area contributed by atoms with E-state index in [0.717, 1.165) is 6.26 Å². The van der Waals surface area contributed by atoms with Crippen LogP contribution in [0.25, 0.3) is 0 Å². The summed E-state index contributed by atoms with van der Waals surface area (Å²) >= 11 is 0. The SMILES string of the molecule is CCC(CNC(=O)NC(C)CS(C)(=O)=O)C(=O)O. The van der Waals surface area contributed by atoms with Gasteiger partial charge in [-0.15, -0.1) is 0 Å². The van der Waals surface area contributed by atoms with Gasteiger partial charge >= 0.3 is 12.0 Å². The summed E-state index contributed by atoms with van der Waals surface area (Å²) in [6.45, 7) is 3.29. The number of urea groups is 1. The molecule has 8 heteroatoms. The van der Waals surface area contributed by atoms with Gasteiger partial charge in [-0.1, -0.05) is 6.92 Å². The molecular weight excluding hydrogens is 260 g/mol. The lowest BCUT2D eigenvalue weighted by molar-refractivity contribution is -0.141. The van der Waals surface area contributed by atoms with Crippen molar-refractivity contribution in [3.05, 3.63) is 0 Å². The highest BCUT2D eigenvalue weighted by Crippen LogP contribution is 2.00. The molecule has 0 aliphatic heterocycles. The van der Waals surface area contributed by atoms with Crippen LogP contribution in [0.2, 0.25) is 0 Å². The summed E-state index contributed by atoms with van der Waals surface area (Å²) in [7, 11) is -3.15. The van der Waals surface area contributed by atoms with E-state index in [1.165, 1.54) is 0 Å². The third-order valence-electron chi connectivity index (χ3n) is 2.28. The van der Waals surface area contributed by atoms with E-state index in [-0.39, 0.29) is 12.3 Å². The van der Waals surface area contributed by atoms with E-state index in [1.807, 2.05) is 0 Å². The van der Waals surface area contributed by atoms with Gasteiger partial charge in [0.1, 0.15) is 9.84 Å². The van der Waals surface area contributed by atoms with Gasteiger partial charge in [0.25, 0.3) is 0 Å². The van der Waals surface area contributed by atoms with Crippen molar-refractivity contribution in [1.29, 1.82) is 0 Å². The van der Waals surface area contributed by atoms with Gasteiger partial charge in [-0.3, -0.25) is 4.79 Å². The summed E-state index contributed by atoms with van der Waals surface area (Å²) in [4.78, 5) is 22.1. The van der Waals surface area contributed by atoms with E-state index < -0.39 is 33.8 Å². The van der Waals surface area contributed by atoms with Crippen molar-refractivity contribution in [3.63, 3.8) is 0 Å². The molecule has 0 aliphatic carbocycles. The summed E-state index contributed by atoms with van der Waals surface area (Å²) in [5, 5.41) is 13.6. The van der Waals surface area contributed by atoms with E-state index >= 15 is 0 Å². The number of nitrogens with one attached hydrogen (secondary N) is 2. The molecule has 0 rings (SSSR count). The Hall–Kier alpha value is -1.31. The zero-order valence-electron chi connectivity index (χ0n) is 10.8. The van der Waals surface area contributed by atoms with E-state index in [4.69, 9.17) is 5.11 Å². The number of hydrogen-bond acceptors (Lipinski definition) is 4. The van der Waals surface area contributed by atoms with Crippen LogP contribution in [0.5, 0.6) is 0 Å². The Balaban J connectivity index is 4.08. The largest absolute Gasteiger partial charge is 0.481 e. The monoisotopic (exact) mass is 280 g/mol. The summed E-state index contributed by atoms with van der Waals surface area (Å²) < 4.78 is 22.0. The van der Waals surface area contributed by atoms with Crippen molar-refractivity contribution < 1.29 is 23.1 Å². The van der Waals surface area contributed by atoms with Crippen LogP contribution in [-0.2, 0) is 14.6 Å². The van der Waals surface area contributed by atoms with Crippen molar-refractivity contribution in [2.75, 3.05) is 18.6 Å². The first kappa shape index (κ1) is 16.7. The fourth-order valence-electron chi connectivity index (χ4n) is 1.39. The predicted molar refractivity (Wildman–Crippen MR) is 67.1 cm³/mol. The maximum absolute atomic E-state index is 11.4. The van der Waals surface area contributed by atoms with E-state index in [1.54, 1.807) is 13.8 Å². The van der Waals surface area contributed by atoms with Crippen molar-refractivity contribution in [2.45, 2.75) is 26.3 Å². The molecule has 0 aromatic carbocycles. The Kier molecular flexibility index (Phi) is 6.67. The van der Waals surface area contributed by atoms with E-state index in [9.17, 15) is 18.0 Å².